The van der Waals surface area contributed by atoms with Gasteiger partial charge >= 0.3 is 0 Å². The third kappa shape index (κ3) is 2.69. The summed E-state index contributed by atoms with van der Waals surface area (Å²) in [6, 6.07) is 5.43. The predicted octanol–water partition coefficient (Wildman–Crippen LogP) is 3.54. The Kier molecular flexibility index (Phi) is 3.97. The van der Waals surface area contributed by atoms with Gasteiger partial charge in [-0.25, -0.2) is 4.39 Å². The van der Waals surface area contributed by atoms with Crippen molar-refractivity contribution < 1.29 is 9.13 Å². The summed E-state index contributed by atoms with van der Waals surface area (Å²) < 4.78 is 19.1. The molecule has 0 spiro atoms. The second-order valence-electron chi connectivity index (χ2n) is 6.32. The second kappa shape index (κ2) is 5.72. The molecule has 1 fully saturated rings. The topological polar surface area (TPSA) is 21.3 Å². The van der Waals surface area contributed by atoms with Gasteiger partial charge in [0, 0.05) is 24.6 Å². The number of hydrogen-bond acceptors (Lipinski definition) is 2. The van der Waals surface area contributed by atoms with Crippen LogP contribution in [0.4, 0.5) is 4.39 Å². The lowest BCUT2D eigenvalue weighted by Crippen LogP contribution is -2.39. The molecule has 1 aromatic rings. The molecule has 4 atom stereocenters. The smallest absolute Gasteiger partial charge is 0.123 e. The monoisotopic (exact) mass is 277 g/mol. The molecule has 1 aliphatic carbocycles. The van der Waals surface area contributed by atoms with Crippen LogP contribution in [0.15, 0.2) is 18.2 Å². The van der Waals surface area contributed by atoms with Crippen LogP contribution in [-0.2, 0) is 6.42 Å². The third-order valence-electron chi connectivity index (χ3n) is 5.12. The van der Waals surface area contributed by atoms with E-state index < -0.39 is 0 Å². The van der Waals surface area contributed by atoms with Crippen molar-refractivity contribution in [1.82, 2.24) is 5.32 Å². The number of hydrogen-bond donors (Lipinski definition) is 1. The summed E-state index contributed by atoms with van der Waals surface area (Å²) >= 11 is 0. The molecule has 2 aliphatic rings. The Labute approximate surface area is 120 Å². The predicted molar refractivity (Wildman–Crippen MR) is 78.5 cm³/mol. The maximum atomic E-state index is 13.2. The summed E-state index contributed by atoms with van der Waals surface area (Å²) in [5, 5.41) is 3.67. The minimum atomic E-state index is -0.170. The molecular formula is C17H24FNO. The molecule has 20 heavy (non-hydrogen) atoms. The van der Waals surface area contributed by atoms with Gasteiger partial charge in [-0.1, -0.05) is 20.3 Å². The lowest BCUT2D eigenvalue weighted by atomic mass is 9.93. The van der Waals surface area contributed by atoms with Gasteiger partial charge in [-0.05, 0) is 42.9 Å². The molecule has 0 saturated heterocycles. The Bertz CT molecular complexity index is 476. The van der Waals surface area contributed by atoms with E-state index in [1.54, 1.807) is 12.1 Å². The van der Waals surface area contributed by atoms with Crippen molar-refractivity contribution in [3.63, 3.8) is 0 Å². The molecule has 4 unspecified atom stereocenters. The maximum Gasteiger partial charge on any atom is 0.123 e. The molecule has 3 rings (SSSR count). The number of nitrogens with one attached hydrogen (secondary N) is 1. The quantitative estimate of drug-likeness (QED) is 0.909. The molecule has 0 aromatic heterocycles. The number of rotatable bonds is 4. The molecular weight excluding hydrogens is 253 g/mol. The van der Waals surface area contributed by atoms with E-state index in [2.05, 4.69) is 19.2 Å². The lowest BCUT2D eigenvalue weighted by Gasteiger charge is -2.22. The molecule has 2 nitrogen and oxygen atoms in total. The molecule has 1 aliphatic heterocycles. The van der Waals surface area contributed by atoms with Gasteiger partial charge in [0.1, 0.15) is 17.7 Å². The highest BCUT2D eigenvalue weighted by atomic mass is 19.1. The fourth-order valence-electron chi connectivity index (χ4n) is 3.80. The Morgan fingerprint density at radius 3 is 2.95 bits per heavy atom. The minimum Gasteiger partial charge on any atom is -0.488 e. The Hall–Kier alpha value is -1.09. The molecule has 0 bridgehead atoms. The molecule has 1 heterocycles. The van der Waals surface area contributed by atoms with E-state index in [1.165, 1.54) is 25.3 Å². The zero-order valence-electron chi connectivity index (χ0n) is 12.4. The van der Waals surface area contributed by atoms with Gasteiger partial charge in [-0.15, -0.1) is 0 Å². The van der Waals surface area contributed by atoms with Crippen LogP contribution in [0.2, 0.25) is 0 Å². The van der Waals surface area contributed by atoms with E-state index in [-0.39, 0.29) is 11.9 Å². The average Bonchev–Trinajstić information content (AvgIpc) is 2.99. The van der Waals surface area contributed by atoms with Crippen molar-refractivity contribution in [2.75, 3.05) is 6.54 Å². The minimum absolute atomic E-state index is 0.152. The van der Waals surface area contributed by atoms with E-state index >= 15 is 0 Å². The summed E-state index contributed by atoms with van der Waals surface area (Å²) in [7, 11) is 0. The first-order valence-corrected chi connectivity index (χ1v) is 7.85. The first-order chi connectivity index (χ1) is 9.67. The summed E-state index contributed by atoms with van der Waals surface area (Å²) in [5.41, 5.74) is 1.00. The lowest BCUT2D eigenvalue weighted by molar-refractivity contribution is 0.213. The SMILES string of the molecule is CCC1CCC(NCC2Cc3cc(F)ccc3O2)C1C. The normalized spacial score (nSPS) is 32.1. The Morgan fingerprint density at radius 1 is 1.35 bits per heavy atom. The van der Waals surface area contributed by atoms with Gasteiger partial charge in [0.2, 0.25) is 0 Å². The number of fused-ring (bicyclic) bond motifs is 1. The van der Waals surface area contributed by atoms with Crippen molar-refractivity contribution in [1.29, 1.82) is 0 Å². The number of halogens is 1. The number of ether oxygens (including phenoxy) is 1. The van der Waals surface area contributed by atoms with Crippen molar-refractivity contribution in [2.24, 2.45) is 11.8 Å². The van der Waals surface area contributed by atoms with Crippen LogP contribution < -0.4 is 10.1 Å². The van der Waals surface area contributed by atoms with Crippen LogP contribution in [0, 0.1) is 17.7 Å². The van der Waals surface area contributed by atoms with Crippen molar-refractivity contribution >= 4 is 0 Å². The highest BCUT2D eigenvalue weighted by molar-refractivity contribution is 5.37. The molecule has 110 valence electrons. The van der Waals surface area contributed by atoms with E-state index in [0.29, 0.717) is 6.04 Å². The van der Waals surface area contributed by atoms with Crippen molar-refractivity contribution in [3.05, 3.63) is 29.6 Å². The highest BCUT2D eigenvalue weighted by Gasteiger charge is 2.32. The fourth-order valence-corrected chi connectivity index (χ4v) is 3.80. The first-order valence-electron chi connectivity index (χ1n) is 7.85. The van der Waals surface area contributed by atoms with Crippen LogP contribution in [0.1, 0.15) is 38.7 Å². The van der Waals surface area contributed by atoms with E-state index in [0.717, 1.165) is 36.1 Å². The average molecular weight is 277 g/mol. The van der Waals surface area contributed by atoms with Crippen molar-refractivity contribution in [2.45, 2.75) is 51.7 Å². The number of benzene rings is 1. The molecule has 1 N–H and O–H groups in total. The van der Waals surface area contributed by atoms with Gasteiger partial charge in [0.15, 0.2) is 0 Å². The molecule has 1 saturated carbocycles. The second-order valence-corrected chi connectivity index (χ2v) is 6.32. The van der Waals surface area contributed by atoms with E-state index in [4.69, 9.17) is 4.74 Å². The summed E-state index contributed by atoms with van der Waals surface area (Å²) in [4.78, 5) is 0. The summed E-state index contributed by atoms with van der Waals surface area (Å²) in [5.74, 6) is 2.30. The van der Waals surface area contributed by atoms with E-state index in [1.807, 2.05) is 0 Å². The fraction of sp³-hybridized carbons (Fsp3) is 0.647. The molecule has 0 radical (unpaired) electrons. The Balaban J connectivity index is 1.52. The first kappa shape index (κ1) is 13.9. The summed E-state index contributed by atoms with van der Waals surface area (Å²) in [6.45, 7) is 5.51. The zero-order valence-corrected chi connectivity index (χ0v) is 12.4. The van der Waals surface area contributed by atoms with Crippen LogP contribution in [0.5, 0.6) is 5.75 Å². The largest absolute Gasteiger partial charge is 0.488 e. The molecule has 1 aromatic carbocycles. The standard InChI is InChI=1S/C17H24FNO/c1-3-12-4-6-16(11(12)2)19-10-15-9-13-8-14(18)5-7-17(13)20-15/h5,7-8,11-12,15-16,19H,3-4,6,9-10H2,1-2H3. The van der Waals surface area contributed by atoms with Crippen molar-refractivity contribution in [3.8, 4) is 5.75 Å². The maximum absolute atomic E-state index is 13.2. The van der Waals surface area contributed by atoms with Gasteiger partial charge in [0.05, 0.1) is 0 Å². The van der Waals surface area contributed by atoms with Crippen LogP contribution in [-0.4, -0.2) is 18.7 Å². The van der Waals surface area contributed by atoms with Gasteiger partial charge in [-0.2, -0.15) is 0 Å². The molecule has 3 heteroatoms. The van der Waals surface area contributed by atoms with Crippen LogP contribution in [0.3, 0.4) is 0 Å². The van der Waals surface area contributed by atoms with Gasteiger partial charge in [-0.3, -0.25) is 0 Å². The molecule has 0 amide bonds. The van der Waals surface area contributed by atoms with Gasteiger partial charge < -0.3 is 10.1 Å². The van der Waals surface area contributed by atoms with Crippen LogP contribution in [0.25, 0.3) is 0 Å². The third-order valence-corrected chi connectivity index (χ3v) is 5.12. The van der Waals surface area contributed by atoms with Gasteiger partial charge in [0.25, 0.3) is 0 Å². The van der Waals surface area contributed by atoms with Crippen LogP contribution >= 0.6 is 0 Å². The highest BCUT2D eigenvalue weighted by Crippen LogP contribution is 2.34. The van der Waals surface area contributed by atoms with E-state index in [9.17, 15) is 4.39 Å². The zero-order chi connectivity index (χ0) is 14.1. The Morgan fingerprint density at radius 2 is 2.20 bits per heavy atom. The summed E-state index contributed by atoms with van der Waals surface area (Å²) in [6.07, 6.45) is 4.86.